The van der Waals surface area contributed by atoms with Crippen LogP contribution in [0.15, 0.2) is 78.2 Å². The van der Waals surface area contributed by atoms with Crippen molar-refractivity contribution in [2.75, 3.05) is 57.2 Å². The number of amides is 1. The molecule has 11 nitrogen and oxygen atoms in total. The first-order chi connectivity index (χ1) is 24.8. The molecule has 5 unspecified atom stereocenters. The Morgan fingerprint density at radius 2 is 1.90 bits per heavy atom. The van der Waals surface area contributed by atoms with Crippen LogP contribution in [0.5, 0.6) is 0 Å². The Morgan fingerprint density at radius 1 is 1.17 bits per heavy atom. The van der Waals surface area contributed by atoms with Crippen molar-refractivity contribution in [3.63, 3.8) is 0 Å². The minimum absolute atomic E-state index is 0.0128. The fourth-order valence-corrected chi connectivity index (χ4v) is 9.07. The molecular formula is C41H55N5O6. The van der Waals surface area contributed by atoms with E-state index in [1.165, 1.54) is 0 Å². The monoisotopic (exact) mass is 713 g/mol. The van der Waals surface area contributed by atoms with Crippen molar-refractivity contribution in [2.24, 2.45) is 22.7 Å². The number of anilines is 2. The molecule has 2 saturated carbocycles. The van der Waals surface area contributed by atoms with Gasteiger partial charge in [0, 0.05) is 50.5 Å². The maximum absolute atomic E-state index is 13.7. The topological polar surface area (TPSA) is 136 Å². The van der Waals surface area contributed by atoms with Gasteiger partial charge < -0.3 is 34.8 Å². The van der Waals surface area contributed by atoms with Gasteiger partial charge in [-0.05, 0) is 91.8 Å². The van der Waals surface area contributed by atoms with Crippen LogP contribution >= 0.6 is 0 Å². The van der Waals surface area contributed by atoms with Gasteiger partial charge in [-0.25, -0.2) is 9.78 Å². The fraction of sp³-hybridized carbons (Fsp3) is 0.537. The first kappa shape index (κ1) is 37.7. The molecule has 1 saturated heterocycles. The van der Waals surface area contributed by atoms with E-state index in [1.54, 1.807) is 6.20 Å². The molecule has 2 aliphatic heterocycles. The smallest absolute Gasteiger partial charge is 0.341 e. The van der Waals surface area contributed by atoms with E-state index in [-0.39, 0.29) is 35.8 Å². The average Bonchev–Trinajstić information content (AvgIpc) is 3.51. The number of carbonyl (C=O) groups is 2. The Morgan fingerprint density at radius 3 is 2.56 bits per heavy atom. The molecule has 6 rings (SSSR count). The molecule has 8 atom stereocenters. The Hall–Kier alpha value is -4.03. The van der Waals surface area contributed by atoms with E-state index >= 15 is 0 Å². The van der Waals surface area contributed by atoms with E-state index in [2.05, 4.69) is 22.5 Å². The SMILES string of the molecule is C=C1C(NC(C)C(=O)N2CCOCC2)CC2[C@](C)(CC[C@@H](O)[C@@]2(C)CO)C1CC(Nc1ccccn1)C1=CC(=Cc2ccc(N(C)C)cc2)OC1=O. The number of aliphatic hydroxyl groups excluding tert-OH is 2. The summed E-state index contributed by atoms with van der Waals surface area (Å²) < 4.78 is 11.3. The number of benzene rings is 1. The lowest BCUT2D eigenvalue weighted by Gasteiger charge is -2.62. The van der Waals surface area contributed by atoms with Crippen molar-refractivity contribution in [3.8, 4) is 0 Å². The number of hydrogen-bond acceptors (Lipinski definition) is 10. The highest BCUT2D eigenvalue weighted by Gasteiger charge is 2.60. The molecule has 1 aromatic carbocycles. The number of nitrogens with one attached hydrogen (secondary N) is 2. The number of morpholine rings is 1. The van der Waals surface area contributed by atoms with Gasteiger partial charge in [0.05, 0.1) is 43.6 Å². The number of pyridine rings is 1. The summed E-state index contributed by atoms with van der Waals surface area (Å²) in [5.41, 5.74) is 2.28. The van der Waals surface area contributed by atoms with Crippen LogP contribution in [0.2, 0.25) is 0 Å². The van der Waals surface area contributed by atoms with Gasteiger partial charge >= 0.3 is 5.97 Å². The van der Waals surface area contributed by atoms with Crippen molar-refractivity contribution in [1.29, 1.82) is 0 Å². The lowest BCUT2D eigenvalue weighted by molar-refractivity contribution is -0.157. The van der Waals surface area contributed by atoms with E-state index in [1.807, 2.05) is 92.4 Å². The van der Waals surface area contributed by atoms with E-state index in [0.29, 0.717) is 62.7 Å². The molecule has 0 bridgehead atoms. The standard InChI is InChI=1S/C41H55N5O6/c1-26-32(40(3)15-14-36(48)41(4,25-47)35(40)24-33(26)43-27(2)38(49)46-17-19-51-20-18-46)23-34(44-37-9-7-8-16-42-37)31-22-30(52-39(31)50)21-28-10-12-29(13-11-28)45(5)6/h7-13,16,21-22,27,32-36,43,47-48H,1,14-15,17-20,23-25H2,2-6H3,(H,42,44)/t27?,32?,33?,34?,35?,36-,40-,41+/m1/s1. The predicted octanol–water partition coefficient (Wildman–Crippen LogP) is 4.40. The molecule has 1 aromatic heterocycles. The van der Waals surface area contributed by atoms with Crippen molar-refractivity contribution in [1.82, 2.24) is 15.2 Å². The number of hydrogen-bond donors (Lipinski definition) is 4. The van der Waals surface area contributed by atoms with Crippen LogP contribution < -0.4 is 15.5 Å². The van der Waals surface area contributed by atoms with E-state index in [4.69, 9.17) is 16.1 Å². The highest BCUT2D eigenvalue weighted by Crippen LogP contribution is 2.62. The molecule has 0 radical (unpaired) electrons. The van der Waals surface area contributed by atoms with Crippen LogP contribution in [0.3, 0.4) is 0 Å². The first-order valence-electron chi connectivity index (χ1n) is 18.5. The molecule has 2 aliphatic carbocycles. The summed E-state index contributed by atoms with van der Waals surface area (Å²) in [6.07, 6.45) is 7.07. The van der Waals surface area contributed by atoms with E-state index in [0.717, 1.165) is 23.2 Å². The third-order valence-corrected chi connectivity index (χ3v) is 12.3. The molecular weight excluding hydrogens is 658 g/mol. The highest BCUT2D eigenvalue weighted by molar-refractivity contribution is 5.95. The number of aliphatic hydroxyl groups is 2. The van der Waals surface area contributed by atoms with Crippen LogP contribution in [0.1, 0.15) is 52.0 Å². The molecule has 3 fully saturated rings. The number of fused-ring (bicyclic) bond motifs is 1. The molecule has 4 aliphatic rings. The fourth-order valence-electron chi connectivity index (χ4n) is 9.07. The Kier molecular flexibility index (Phi) is 11.3. The zero-order chi connectivity index (χ0) is 37.2. The van der Waals surface area contributed by atoms with Gasteiger partial charge in [-0.1, -0.05) is 44.2 Å². The quantitative estimate of drug-likeness (QED) is 0.196. The van der Waals surface area contributed by atoms with Crippen LogP contribution in [-0.2, 0) is 19.1 Å². The largest absolute Gasteiger partial charge is 0.423 e. The molecule has 11 heteroatoms. The van der Waals surface area contributed by atoms with Crippen LogP contribution in [0.4, 0.5) is 11.5 Å². The van der Waals surface area contributed by atoms with Gasteiger partial charge in [-0.2, -0.15) is 0 Å². The van der Waals surface area contributed by atoms with Gasteiger partial charge in [0.15, 0.2) is 0 Å². The molecule has 3 heterocycles. The number of rotatable bonds is 11. The number of ether oxygens (including phenoxy) is 2. The molecule has 0 spiro atoms. The Balaban J connectivity index is 1.35. The lowest BCUT2D eigenvalue weighted by Crippen LogP contribution is -2.62. The number of cyclic esters (lactones) is 1. The number of allylic oxidation sites excluding steroid dienone is 1. The molecule has 280 valence electrons. The van der Waals surface area contributed by atoms with Crippen molar-refractivity contribution < 1.29 is 29.3 Å². The summed E-state index contributed by atoms with van der Waals surface area (Å²) in [6.45, 7) is 12.8. The molecule has 4 N–H and O–H groups in total. The van der Waals surface area contributed by atoms with Crippen molar-refractivity contribution in [2.45, 2.75) is 70.7 Å². The normalized spacial score (nSPS) is 31.0. The summed E-state index contributed by atoms with van der Waals surface area (Å²) in [6, 6.07) is 12.4. The average molecular weight is 714 g/mol. The second-order valence-electron chi connectivity index (χ2n) is 15.7. The Labute approximate surface area is 307 Å². The van der Waals surface area contributed by atoms with Gasteiger partial charge in [-0.3, -0.25) is 10.1 Å². The molecule has 1 amide bonds. The van der Waals surface area contributed by atoms with Crippen molar-refractivity contribution in [3.05, 3.63) is 83.8 Å². The van der Waals surface area contributed by atoms with E-state index < -0.39 is 29.6 Å². The third kappa shape index (κ3) is 7.55. The highest BCUT2D eigenvalue weighted by atomic mass is 16.5. The van der Waals surface area contributed by atoms with Gasteiger partial charge in [0.25, 0.3) is 0 Å². The van der Waals surface area contributed by atoms with Gasteiger partial charge in [-0.15, -0.1) is 0 Å². The Bertz CT molecular complexity index is 1670. The summed E-state index contributed by atoms with van der Waals surface area (Å²) in [4.78, 5) is 35.7. The van der Waals surface area contributed by atoms with Gasteiger partial charge in [0.2, 0.25) is 5.91 Å². The number of carbonyl (C=O) groups excluding carboxylic acids is 2. The van der Waals surface area contributed by atoms with Crippen LogP contribution in [0.25, 0.3) is 6.08 Å². The summed E-state index contributed by atoms with van der Waals surface area (Å²) in [5.74, 6) is 0.410. The zero-order valence-electron chi connectivity index (χ0n) is 31.2. The summed E-state index contributed by atoms with van der Waals surface area (Å²) in [5, 5.41) is 29.4. The van der Waals surface area contributed by atoms with E-state index in [9.17, 15) is 19.8 Å². The van der Waals surface area contributed by atoms with Gasteiger partial charge in [0.1, 0.15) is 11.6 Å². The maximum Gasteiger partial charge on any atom is 0.341 e. The number of nitrogens with zero attached hydrogens (tertiary/aromatic N) is 3. The lowest BCUT2D eigenvalue weighted by atomic mass is 9.45. The maximum atomic E-state index is 13.7. The summed E-state index contributed by atoms with van der Waals surface area (Å²) in [7, 11) is 3.98. The molecule has 2 aromatic rings. The zero-order valence-corrected chi connectivity index (χ0v) is 31.2. The minimum Gasteiger partial charge on any atom is -0.423 e. The molecule has 52 heavy (non-hydrogen) atoms. The number of esters is 1. The van der Waals surface area contributed by atoms with Crippen molar-refractivity contribution >= 4 is 29.5 Å². The minimum atomic E-state index is -0.767. The van der Waals surface area contributed by atoms with Crippen LogP contribution in [0, 0.1) is 22.7 Å². The second-order valence-corrected chi connectivity index (χ2v) is 15.7. The predicted molar refractivity (Wildman–Crippen MR) is 202 cm³/mol. The third-order valence-electron chi connectivity index (χ3n) is 12.3. The van der Waals surface area contributed by atoms with Crippen LogP contribution in [-0.4, -0.2) is 103 Å². The number of aromatic nitrogens is 1. The first-order valence-corrected chi connectivity index (χ1v) is 18.5. The second kappa shape index (κ2) is 15.5. The summed E-state index contributed by atoms with van der Waals surface area (Å²) >= 11 is 0.